The maximum absolute atomic E-state index is 12.2. The molecule has 0 radical (unpaired) electrons. The molecule has 0 aliphatic rings. The Bertz CT molecular complexity index is 574. The van der Waals surface area contributed by atoms with E-state index in [9.17, 15) is 9.59 Å². The summed E-state index contributed by atoms with van der Waals surface area (Å²) < 4.78 is 0. The molecule has 0 heterocycles. The normalized spacial score (nSPS) is 9.35. The first-order valence-electron chi connectivity index (χ1n) is 6.42. The van der Waals surface area contributed by atoms with E-state index in [-0.39, 0.29) is 18.2 Å². The van der Waals surface area contributed by atoms with Crippen molar-refractivity contribution in [1.82, 2.24) is 0 Å². The number of benzene rings is 2. The number of hydrogen-bond acceptors (Lipinski definition) is 3. The van der Waals surface area contributed by atoms with E-state index in [2.05, 4.69) is 0 Å². The molecule has 0 saturated carbocycles. The average Bonchev–Trinajstić information content (AvgIpc) is 2.48. The standard InChI is InChI=1S/C15H12O2.C2H6O/c1-11(16)13-9-5-6-10-14(13)15(17)12-7-3-2-4-8-12;1-2-3/h2-10H,1H3;3H,2H2,1H3. The number of Topliss-reactive ketones (excluding diaryl/α,β-unsaturated/α-hetero) is 1. The second-order valence-corrected chi connectivity index (χ2v) is 4.11. The fraction of sp³-hybridized carbons (Fsp3) is 0.176. The van der Waals surface area contributed by atoms with Crippen LogP contribution in [0.25, 0.3) is 0 Å². The first kappa shape index (κ1) is 15.8. The smallest absolute Gasteiger partial charge is 0.193 e. The lowest BCUT2D eigenvalue weighted by Gasteiger charge is -2.05. The fourth-order valence-corrected chi connectivity index (χ4v) is 1.73. The number of carbonyl (C=O) groups is 2. The van der Waals surface area contributed by atoms with Crippen LogP contribution in [0.1, 0.15) is 40.1 Å². The molecule has 3 nitrogen and oxygen atoms in total. The molecule has 104 valence electrons. The van der Waals surface area contributed by atoms with Crippen molar-refractivity contribution in [1.29, 1.82) is 0 Å². The van der Waals surface area contributed by atoms with E-state index < -0.39 is 0 Å². The quantitative estimate of drug-likeness (QED) is 0.872. The molecule has 2 aromatic rings. The van der Waals surface area contributed by atoms with Crippen molar-refractivity contribution in [2.24, 2.45) is 0 Å². The third-order valence-corrected chi connectivity index (χ3v) is 2.59. The fourth-order valence-electron chi connectivity index (χ4n) is 1.73. The Morgan fingerprint density at radius 2 is 1.35 bits per heavy atom. The van der Waals surface area contributed by atoms with Crippen LogP contribution in [0.3, 0.4) is 0 Å². The van der Waals surface area contributed by atoms with Crippen molar-refractivity contribution in [2.45, 2.75) is 13.8 Å². The minimum absolute atomic E-state index is 0.0927. The SMILES string of the molecule is CC(=O)c1ccccc1C(=O)c1ccccc1.CCO. The zero-order valence-electron chi connectivity index (χ0n) is 11.7. The molecule has 0 aliphatic heterocycles. The number of aliphatic hydroxyl groups excluding tert-OH is 1. The Kier molecular flexibility index (Phi) is 6.33. The van der Waals surface area contributed by atoms with Gasteiger partial charge in [-0.25, -0.2) is 0 Å². The molecular formula is C17H18O3. The van der Waals surface area contributed by atoms with E-state index >= 15 is 0 Å². The van der Waals surface area contributed by atoms with E-state index in [1.165, 1.54) is 6.92 Å². The topological polar surface area (TPSA) is 54.4 Å². The van der Waals surface area contributed by atoms with Gasteiger partial charge in [-0.15, -0.1) is 0 Å². The Morgan fingerprint density at radius 1 is 0.900 bits per heavy atom. The molecule has 20 heavy (non-hydrogen) atoms. The van der Waals surface area contributed by atoms with E-state index in [1.807, 2.05) is 18.2 Å². The van der Waals surface area contributed by atoms with Crippen LogP contribution in [-0.4, -0.2) is 23.3 Å². The van der Waals surface area contributed by atoms with Gasteiger partial charge < -0.3 is 5.11 Å². The molecule has 3 heteroatoms. The number of ketones is 2. The molecule has 0 fully saturated rings. The number of hydrogen-bond donors (Lipinski definition) is 1. The van der Waals surface area contributed by atoms with Gasteiger partial charge in [-0.1, -0.05) is 54.6 Å². The summed E-state index contributed by atoms with van der Waals surface area (Å²) in [6.07, 6.45) is 0. The summed E-state index contributed by atoms with van der Waals surface area (Å²) in [5.41, 5.74) is 1.54. The van der Waals surface area contributed by atoms with Crippen LogP contribution in [0.4, 0.5) is 0 Å². The summed E-state index contributed by atoms with van der Waals surface area (Å²) >= 11 is 0. The summed E-state index contributed by atoms with van der Waals surface area (Å²) in [5, 5.41) is 7.57. The third kappa shape index (κ3) is 4.14. The molecule has 0 aromatic heterocycles. The van der Waals surface area contributed by atoms with E-state index in [4.69, 9.17) is 5.11 Å². The van der Waals surface area contributed by atoms with Crippen molar-refractivity contribution in [2.75, 3.05) is 6.61 Å². The van der Waals surface area contributed by atoms with Gasteiger partial charge in [-0.2, -0.15) is 0 Å². The van der Waals surface area contributed by atoms with Crippen LogP contribution in [0.2, 0.25) is 0 Å². The summed E-state index contributed by atoms with van der Waals surface area (Å²) in [4.78, 5) is 23.7. The summed E-state index contributed by atoms with van der Waals surface area (Å²) in [7, 11) is 0. The molecule has 2 rings (SSSR count). The van der Waals surface area contributed by atoms with E-state index in [1.54, 1.807) is 43.3 Å². The maximum Gasteiger partial charge on any atom is 0.193 e. The van der Waals surface area contributed by atoms with Crippen LogP contribution < -0.4 is 0 Å². The van der Waals surface area contributed by atoms with Crippen molar-refractivity contribution in [3.63, 3.8) is 0 Å². The molecule has 0 saturated heterocycles. The van der Waals surface area contributed by atoms with Crippen LogP contribution in [-0.2, 0) is 0 Å². The highest BCUT2D eigenvalue weighted by Gasteiger charge is 2.14. The molecular weight excluding hydrogens is 252 g/mol. The lowest BCUT2D eigenvalue weighted by Crippen LogP contribution is -2.07. The van der Waals surface area contributed by atoms with Crippen LogP contribution in [0, 0.1) is 0 Å². The second kappa shape index (κ2) is 8.02. The maximum atomic E-state index is 12.2. The van der Waals surface area contributed by atoms with Crippen molar-refractivity contribution in [3.05, 3.63) is 71.3 Å². The van der Waals surface area contributed by atoms with E-state index in [0.29, 0.717) is 16.7 Å². The van der Waals surface area contributed by atoms with Gasteiger partial charge in [-0.05, 0) is 13.8 Å². The first-order chi connectivity index (χ1) is 9.61. The third-order valence-electron chi connectivity index (χ3n) is 2.59. The van der Waals surface area contributed by atoms with Crippen LogP contribution >= 0.6 is 0 Å². The highest BCUT2D eigenvalue weighted by Crippen LogP contribution is 2.15. The predicted molar refractivity (Wildman–Crippen MR) is 79.1 cm³/mol. The monoisotopic (exact) mass is 270 g/mol. The Morgan fingerprint density at radius 3 is 1.85 bits per heavy atom. The minimum atomic E-state index is -0.114. The van der Waals surface area contributed by atoms with Gasteiger partial charge in [0.15, 0.2) is 11.6 Å². The summed E-state index contributed by atoms with van der Waals surface area (Å²) in [6, 6.07) is 15.9. The number of aliphatic hydroxyl groups is 1. The molecule has 2 aromatic carbocycles. The average molecular weight is 270 g/mol. The molecule has 0 aliphatic carbocycles. The lowest BCUT2D eigenvalue weighted by atomic mass is 9.97. The van der Waals surface area contributed by atoms with Crippen LogP contribution in [0.5, 0.6) is 0 Å². The summed E-state index contributed by atoms with van der Waals surface area (Å²) in [6.45, 7) is 3.40. The van der Waals surface area contributed by atoms with Gasteiger partial charge in [-0.3, -0.25) is 9.59 Å². The van der Waals surface area contributed by atoms with Gasteiger partial charge in [0, 0.05) is 23.3 Å². The highest BCUT2D eigenvalue weighted by molar-refractivity contribution is 6.15. The molecule has 0 spiro atoms. The molecule has 1 N–H and O–H groups in total. The van der Waals surface area contributed by atoms with Crippen molar-refractivity contribution >= 4 is 11.6 Å². The van der Waals surface area contributed by atoms with Gasteiger partial charge in [0.25, 0.3) is 0 Å². The van der Waals surface area contributed by atoms with E-state index in [0.717, 1.165) is 0 Å². The van der Waals surface area contributed by atoms with Crippen LogP contribution in [0.15, 0.2) is 54.6 Å². The predicted octanol–water partition coefficient (Wildman–Crippen LogP) is 3.12. The lowest BCUT2D eigenvalue weighted by molar-refractivity contribution is 0.0990. The minimum Gasteiger partial charge on any atom is -0.397 e. The zero-order chi connectivity index (χ0) is 15.0. The highest BCUT2D eigenvalue weighted by atomic mass is 16.2. The zero-order valence-corrected chi connectivity index (χ0v) is 11.7. The Balaban J connectivity index is 0.000000612. The largest absolute Gasteiger partial charge is 0.397 e. The summed E-state index contributed by atoms with van der Waals surface area (Å²) in [5.74, 6) is -0.207. The Labute approximate surface area is 118 Å². The first-order valence-corrected chi connectivity index (χ1v) is 6.42. The van der Waals surface area contributed by atoms with Gasteiger partial charge >= 0.3 is 0 Å². The molecule has 0 unspecified atom stereocenters. The van der Waals surface area contributed by atoms with Gasteiger partial charge in [0.2, 0.25) is 0 Å². The molecule has 0 bridgehead atoms. The Hall–Kier alpha value is -2.26. The second-order valence-electron chi connectivity index (χ2n) is 4.11. The molecule has 0 atom stereocenters. The van der Waals surface area contributed by atoms with Gasteiger partial charge in [0.05, 0.1) is 0 Å². The van der Waals surface area contributed by atoms with Crippen molar-refractivity contribution in [3.8, 4) is 0 Å². The molecule has 0 amide bonds. The van der Waals surface area contributed by atoms with Gasteiger partial charge in [0.1, 0.15) is 0 Å². The number of rotatable bonds is 3. The number of carbonyl (C=O) groups excluding carboxylic acids is 2. The van der Waals surface area contributed by atoms with Crippen molar-refractivity contribution < 1.29 is 14.7 Å².